The maximum Gasteiger partial charge on any atom is 0.263 e. The van der Waals surface area contributed by atoms with Crippen LogP contribution in [0.4, 0.5) is 0 Å². The maximum absolute atomic E-state index is 13.2. The molecular formula is C24H27N3O4. The standard InChI is InChI=1S/C24H27N3O4/c1-16-8-10-26(11-9-18-6-4-3-5-7-18)23(29)22(16)24(30)27-14-19(21(28)15-27)13-20-12-17(2)25-31-20/h3-8,10,12,19,21,28H,9,11,13-15H2,1-2H3/t19-,21+/m1/s1. The Bertz CT molecular complexity index is 1120. The number of pyridine rings is 1. The second-order valence-corrected chi connectivity index (χ2v) is 8.28. The highest BCUT2D eigenvalue weighted by Gasteiger charge is 2.36. The first kappa shape index (κ1) is 21.1. The second kappa shape index (κ2) is 8.89. The summed E-state index contributed by atoms with van der Waals surface area (Å²) in [6, 6.07) is 13.6. The number of rotatable bonds is 6. The van der Waals surface area contributed by atoms with Crippen LogP contribution in [0.3, 0.4) is 0 Å². The van der Waals surface area contributed by atoms with Gasteiger partial charge in [0.05, 0.1) is 11.8 Å². The number of aliphatic hydroxyl groups is 1. The number of likely N-dealkylation sites (tertiary alicyclic amines) is 1. The molecule has 1 aliphatic rings. The monoisotopic (exact) mass is 421 g/mol. The molecule has 1 amide bonds. The molecule has 2 aromatic heterocycles. The number of aliphatic hydroxyl groups excluding tert-OH is 1. The van der Waals surface area contributed by atoms with E-state index in [2.05, 4.69) is 5.16 Å². The molecule has 31 heavy (non-hydrogen) atoms. The number of aromatic nitrogens is 2. The Morgan fingerprint density at radius 2 is 1.97 bits per heavy atom. The molecule has 162 valence electrons. The fourth-order valence-corrected chi connectivity index (χ4v) is 4.15. The van der Waals surface area contributed by atoms with Crippen molar-refractivity contribution in [2.45, 2.75) is 39.3 Å². The van der Waals surface area contributed by atoms with Gasteiger partial charge in [-0.05, 0) is 37.5 Å². The van der Waals surface area contributed by atoms with Gasteiger partial charge in [0.25, 0.3) is 11.5 Å². The van der Waals surface area contributed by atoms with E-state index in [0.717, 1.165) is 11.3 Å². The van der Waals surface area contributed by atoms with Crippen LogP contribution in [0.2, 0.25) is 0 Å². The number of nitrogens with zero attached hydrogens (tertiary/aromatic N) is 3. The van der Waals surface area contributed by atoms with Crippen molar-refractivity contribution in [2.24, 2.45) is 5.92 Å². The van der Waals surface area contributed by atoms with Crippen LogP contribution in [0.15, 0.2) is 58.0 Å². The van der Waals surface area contributed by atoms with Crippen molar-refractivity contribution in [3.63, 3.8) is 0 Å². The molecule has 0 bridgehead atoms. The van der Waals surface area contributed by atoms with E-state index >= 15 is 0 Å². The fraction of sp³-hybridized carbons (Fsp3) is 0.375. The van der Waals surface area contributed by atoms with Crippen LogP contribution in [-0.2, 0) is 19.4 Å². The Hall–Kier alpha value is -3.19. The molecule has 1 saturated heterocycles. The molecule has 2 atom stereocenters. The predicted octanol–water partition coefficient (Wildman–Crippen LogP) is 2.37. The van der Waals surface area contributed by atoms with E-state index in [4.69, 9.17) is 4.52 Å². The molecule has 3 aromatic rings. The molecule has 7 nitrogen and oxygen atoms in total. The van der Waals surface area contributed by atoms with Crippen molar-refractivity contribution < 1.29 is 14.4 Å². The Balaban J connectivity index is 1.49. The number of amides is 1. The smallest absolute Gasteiger partial charge is 0.263 e. The number of β-amino-alcohol motifs (C(OH)–C–C–N with tert-alkyl or cyclic N) is 1. The highest BCUT2D eigenvalue weighted by atomic mass is 16.5. The number of benzene rings is 1. The van der Waals surface area contributed by atoms with Gasteiger partial charge in [0.15, 0.2) is 0 Å². The molecule has 3 heterocycles. The largest absolute Gasteiger partial charge is 0.391 e. The lowest BCUT2D eigenvalue weighted by Crippen LogP contribution is -2.37. The summed E-state index contributed by atoms with van der Waals surface area (Å²) in [4.78, 5) is 27.9. The van der Waals surface area contributed by atoms with Gasteiger partial charge < -0.3 is 19.1 Å². The molecule has 0 spiro atoms. The van der Waals surface area contributed by atoms with Crippen LogP contribution >= 0.6 is 0 Å². The quantitative estimate of drug-likeness (QED) is 0.660. The number of carbonyl (C=O) groups excluding carboxylic acids is 1. The van der Waals surface area contributed by atoms with Gasteiger partial charge in [-0.2, -0.15) is 0 Å². The lowest BCUT2D eigenvalue weighted by atomic mass is 10.0. The fourth-order valence-electron chi connectivity index (χ4n) is 4.15. The third-order valence-corrected chi connectivity index (χ3v) is 5.91. The molecule has 1 aromatic carbocycles. The summed E-state index contributed by atoms with van der Waals surface area (Å²) < 4.78 is 6.85. The average molecular weight is 421 g/mol. The summed E-state index contributed by atoms with van der Waals surface area (Å²) >= 11 is 0. The third kappa shape index (κ3) is 4.61. The minimum atomic E-state index is -0.668. The first-order chi connectivity index (χ1) is 14.9. The zero-order chi connectivity index (χ0) is 22.0. The third-order valence-electron chi connectivity index (χ3n) is 5.91. The van der Waals surface area contributed by atoms with E-state index in [9.17, 15) is 14.7 Å². The van der Waals surface area contributed by atoms with Crippen molar-refractivity contribution in [1.82, 2.24) is 14.6 Å². The Morgan fingerprint density at radius 1 is 1.19 bits per heavy atom. The van der Waals surface area contributed by atoms with Crippen molar-refractivity contribution in [3.05, 3.63) is 87.2 Å². The van der Waals surface area contributed by atoms with Gasteiger partial charge in [0.1, 0.15) is 11.3 Å². The lowest BCUT2D eigenvalue weighted by Gasteiger charge is -2.18. The first-order valence-corrected chi connectivity index (χ1v) is 10.6. The Morgan fingerprint density at radius 3 is 2.68 bits per heavy atom. The van der Waals surface area contributed by atoms with Gasteiger partial charge in [0.2, 0.25) is 0 Å². The second-order valence-electron chi connectivity index (χ2n) is 8.28. The van der Waals surface area contributed by atoms with E-state index in [1.807, 2.05) is 43.3 Å². The van der Waals surface area contributed by atoms with Gasteiger partial charge in [-0.25, -0.2) is 0 Å². The first-order valence-electron chi connectivity index (χ1n) is 10.6. The minimum Gasteiger partial charge on any atom is -0.391 e. The van der Waals surface area contributed by atoms with Crippen molar-refractivity contribution in [2.75, 3.05) is 13.1 Å². The summed E-state index contributed by atoms with van der Waals surface area (Å²) in [7, 11) is 0. The van der Waals surface area contributed by atoms with Crippen LogP contribution in [0.5, 0.6) is 0 Å². The zero-order valence-electron chi connectivity index (χ0n) is 17.8. The number of carbonyl (C=O) groups is 1. The van der Waals surface area contributed by atoms with E-state index in [-0.39, 0.29) is 29.5 Å². The van der Waals surface area contributed by atoms with Gasteiger partial charge >= 0.3 is 0 Å². The average Bonchev–Trinajstić information content (AvgIpc) is 3.33. The van der Waals surface area contributed by atoms with E-state index in [0.29, 0.717) is 37.3 Å². The highest BCUT2D eigenvalue weighted by molar-refractivity contribution is 5.95. The predicted molar refractivity (Wildman–Crippen MR) is 116 cm³/mol. The molecule has 7 heteroatoms. The van der Waals surface area contributed by atoms with Crippen LogP contribution < -0.4 is 5.56 Å². The summed E-state index contributed by atoms with van der Waals surface area (Å²) in [5, 5.41) is 14.4. The number of hydrogen-bond acceptors (Lipinski definition) is 5. The van der Waals surface area contributed by atoms with E-state index in [1.54, 1.807) is 28.7 Å². The molecule has 0 unspecified atom stereocenters. The van der Waals surface area contributed by atoms with Crippen molar-refractivity contribution in [3.8, 4) is 0 Å². The summed E-state index contributed by atoms with van der Waals surface area (Å²) in [5.74, 6) is 0.211. The van der Waals surface area contributed by atoms with Crippen LogP contribution in [0.1, 0.15) is 32.9 Å². The topological polar surface area (TPSA) is 88.6 Å². The highest BCUT2D eigenvalue weighted by Crippen LogP contribution is 2.23. The Kier molecular flexibility index (Phi) is 6.04. The molecule has 0 saturated carbocycles. The minimum absolute atomic E-state index is 0.152. The van der Waals surface area contributed by atoms with Crippen LogP contribution in [0.25, 0.3) is 0 Å². The summed E-state index contributed by atoms with van der Waals surface area (Å²) in [5.41, 5.74) is 2.46. The van der Waals surface area contributed by atoms with Crippen LogP contribution in [-0.4, -0.2) is 44.8 Å². The molecule has 0 aliphatic carbocycles. The molecule has 0 radical (unpaired) electrons. The molecule has 1 fully saturated rings. The van der Waals surface area contributed by atoms with Gasteiger partial charge in [-0.3, -0.25) is 9.59 Å². The van der Waals surface area contributed by atoms with Crippen LogP contribution in [0, 0.1) is 19.8 Å². The molecule has 1 aliphatic heterocycles. The maximum atomic E-state index is 13.2. The van der Waals surface area contributed by atoms with Gasteiger partial charge in [-0.15, -0.1) is 0 Å². The van der Waals surface area contributed by atoms with Gasteiger partial charge in [0, 0.05) is 44.2 Å². The van der Waals surface area contributed by atoms with Crippen molar-refractivity contribution >= 4 is 5.91 Å². The zero-order valence-corrected chi connectivity index (χ0v) is 17.8. The van der Waals surface area contributed by atoms with E-state index < -0.39 is 6.10 Å². The molecule has 4 rings (SSSR count). The molecular weight excluding hydrogens is 394 g/mol. The summed E-state index contributed by atoms with van der Waals surface area (Å²) in [6.45, 7) is 4.69. The van der Waals surface area contributed by atoms with E-state index in [1.165, 1.54) is 0 Å². The van der Waals surface area contributed by atoms with Gasteiger partial charge in [-0.1, -0.05) is 35.5 Å². The number of aryl methyl sites for hydroxylation is 4. The molecule has 1 N–H and O–H groups in total. The SMILES string of the molecule is Cc1cc(C[C@@H]2CN(C(=O)c3c(C)ccn(CCc4ccccc4)c3=O)C[C@@H]2O)on1. The lowest BCUT2D eigenvalue weighted by molar-refractivity contribution is 0.0761. The normalized spacial score (nSPS) is 18.5. The van der Waals surface area contributed by atoms with Crippen molar-refractivity contribution in [1.29, 1.82) is 0 Å². The summed E-state index contributed by atoms with van der Waals surface area (Å²) in [6.07, 6.45) is 2.28. The number of hydrogen-bond donors (Lipinski definition) is 1. The Labute approximate surface area is 180 Å².